The Morgan fingerprint density at radius 2 is 1.64 bits per heavy atom. The molecule has 5 nitrogen and oxygen atoms in total. The molecule has 1 N–H and O–H groups in total. The number of carbonyl (C=O) groups excluding carboxylic acids is 2. The van der Waals surface area contributed by atoms with Crippen LogP contribution in [0.3, 0.4) is 0 Å². The topological polar surface area (TPSA) is 58.6 Å². The van der Waals surface area contributed by atoms with Crippen LogP contribution in [0.25, 0.3) is 0 Å². The number of hydrogen-bond acceptors (Lipinski definition) is 4. The van der Waals surface area contributed by atoms with E-state index in [2.05, 4.69) is 5.32 Å². The molecule has 0 aliphatic rings. The van der Waals surface area contributed by atoms with Gasteiger partial charge in [0.25, 0.3) is 0 Å². The van der Waals surface area contributed by atoms with Crippen LogP contribution in [-0.4, -0.2) is 42.2 Å². The molecular formula is C28H30Cl2N2O3S. The first-order chi connectivity index (χ1) is 17.4. The zero-order valence-electron chi connectivity index (χ0n) is 20.4. The normalized spacial score (nSPS) is 11.6. The molecule has 0 heterocycles. The lowest BCUT2D eigenvalue weighted by Gasteiger charge is -2.31. The van der Waals surface area contributed by atoms with E-state index in [9.17, 15) is 9.59 Å². The number of benzene rings is 3. The average molecular weight is 546 g/mol. The van der Waals surface area contributed by atoms with Crippen LogP contribution in [0.2, 0.25) is 10.0 Å². The molecule has 3 aromatic carbocycles. The zero-order chi connectivity index (χ0) is 25.9. The van der Waals surface area contributed by atoms with E-state index >= 15 is 0 Å². The van der Waals surface area contributed by atoms with Gasteiger partial charge < -0.3 is 15.0 Å². The minimum absolute atomic E-state index is 0.119. The van der Waals surface area contributed by atoms with Crippen molar-refractivity contribution in [1.29, 1.82) is 0 Å². The first kappa shape index (κ1) is 27.9. The summed E-state index contributed by atoms with van der Waals surface area (Å²) in [4.78, 5) is 28.4. The van der Waals surface area contributed by atoms with Crippen molar-refractivity contribution >= 4 is 46.8 Å². The van der Waals surface area contributed by atoms with E-state index in [-0.39, 0.29) is 24.1 Å². The minimum atomic E-state index is -0.670. The fraction of sp³-hybridized carbons (Fsp3) is 0.286. The van der Waals surface area contributed by atoms with Crippen LogP contribution >= 0.6 is 35.0 Å². The number of methoxy groups -OCH3 is 1. The molecule has 2 amide bonds. The molecule has 0 unspecified atom stereocenters. The Bertz CT molecular complexity index is 1140. The lowest BCUT2D eigenvalue weighted by Crippen LogP contribution is -2.51. The molecule has 0 aliphatic carbocycles. The second-order valence-corrected chi connectivity index (χ2v) is 10.0. The summed E-state index contributed by atoms with van der Waals surface area (Å²) in [6.07, 6.45) is 0.406. The summed E-state index contributed by atoms with van der Waals surface area (Å²) in [6.45, 7) is 2.59. The van der Waals surface area contributed by atoms with Crippen molar-refractivity contribution in [3.63, 3.8) is 0 Å². The molecule has 0 bridgehead atoms. The molecule has 0 saturated heterocycles. The summed E-state index contributed by atoms with van der Waals surface area (Å²) in [7, 11) is 1.63. The van der Waals surface area contributed by atoms with Gasteiger partial charge in [-0.15, -0.1) is 11.8 Å². The molecular weight excluding hydrogens is 515 g/mol. The Morgan fingerprint density at radius 1 is 0.944 bits per heavy atom. The number of nitrogens with zero attached hydrogens (tertiary/aromatic N) is 1. The van der Waals surface area contributed by atoms with E-state index < -0.39 is 6.04 Å². The van der Waals surface area contributed by atoms with Crippen LogP contribution in [0.15, 0.2) is 72.8 Å². The quantitative estimate of drug-likeness (QED) is 0.303. The fourth-order valence-electron chi connectivity index (χ4n) is 3.74. The third kappa shape index (κ3) is 8.19. The van der Waals surface area contributed by atoms with Gasteiger partial charge >= 0.3 is 0 Å². The summed E-state index contributed by atoms with van der Waals surface area (Å²) in [5.41, 5.74) is 2.88. The van der Waals surface area contributed by atoms with Crippen LogP contribution < -0.4 is 10.1 Å². The number of rotatable bonds is 12. The van der Waals surface area contributed by atoms with Crippen molar-refractivity contribution in [2.24, 2.45) is 0 Å². The summed E-state index contributed by atoms with van der Waals surface area (Å²) < 4.78 is 5.21. The number of amides is 2. The molecule has 36 heavy (non-hydrogen) atoms. The number of hydrogen-bond donors (Lipinski definition) is 1. The molecule has 8 heteroatoms. The third-order valence-corrected chi connectivity index (χ3v) is 7.34. The van der Waals surface area contributed by atoms with E-state index in [0.29, 0.717) is 28.8 Å². The van der Waals surface area contributed by atoms with Crippen LogP contribution in [0.4, 0.5) is 0 Å². The van der Waals surface area contributed by atoms with Gasteiger partial charge in [-0.3, -0.25) is 9.59 Å². The maximum absolute atomic E-state index is 13.6. The van der Waals surface area contributed by atoms with Gasteiger partial charge in [0, 0.05) is 25.3 Å². The van der Waals surface area contributed by atoms with Gasteiger partial charge in [-0.1, -0.05) is 71.7 Å². The van der Waals surface area contributed by atoms with Crippen molar-refractivity contribution in [2.75, 3.05) is 19.4 Å². The molecule has 0 saturated carbocycles. The molecule has 3 rings (SSSR count). The fourth-order valence-corrected chi connectivity index (χ4v) is 4.93. The van der Waals surface area contributed by atoms with Gasteiger partial charge in [0.05, 0.1) is 22.9 Å². The Kier molecular flexibility index (Phi) is 11.0. The van der Waals surface area contributed by atoms with Gasteiger partial charge in [0.1, 0.15) is 11.8 Å². The highest BCUT2D eigenvalue weighted by molar-refractivity contribution is 7.99. The lowest BCUT2D eigenvalue weighted by molar-refractivity contribution is -0.139. The number of ether oxygens (including phenoxy) is 1. The molecule has 0 aliphatic heterocycles. The number of thioether (sulfide) groups is 1. The van der Waals surface area contributed by atoms with Crippen LogP contribution in [0.5, 0.6) is 5.75 Å². The van der Waals surface area contributed by atoms with Gasteiger partial charge in [-0.05, 0) is 47.9 Å². The SMILES string of the molecule is CCNC(=O)[C@H](Cc1ccccc1)N(Cc1ccc(Cl)c(Cl)c1)C(=O)CSCc1ccc(OC)cc1. The van der Waals surface area contributed by atoms with E-state index in [1.807, 2.05) is 67.6 Å². The molecule has 3 aromatic rings. The molecule has 0 spiro atoms. The highest BCUT2D eigenvalue weighted by Crippen LogP contribution is 2.25. The van der Waals surface area contributed by atoms with Gasteiger partial charge in [0.15, 0.2) is 0 Å². The van der Waals surface area contributed by atoms with Crippen molar-refractivity contribution < 1.29 is 14.3 Å². The standard InChI is InChI=1S/C28H30Cl2N2O3S/c1-3-31-28(34)26(16-20-7-5-4-6-8-20)32(17-22-11-14-24(29)25(30)15-22)27(33)19-36-18-21-9-12-23(35-2)13-10-21/h4-15,26H,3,16-19H2,1-2H3,(H,31,34)/t26-/m0/s1. The Balaban J connectivity index is 1.82. The van der Waals surface area contributed by atoms with Gasteiger partial charge in [-0.25, -0.2) is 0 Å². The highest BCUT2D eigenvalue weighted by atomic mass is 35.5. The summed E-state index contributed by atoms with van der Waals surface area (Å²) in [5, 5.41) is 3.75. The first-order valence-electron chi connectivity index (χ1n) is 11.7. The zero-order valence-corrected chi connectivity index (χ0v) is 22.7. The maximum Gasteiger partial charge on any atom is 0.243 e. The Labute approximate surface area is 227 Å². The van der Waals surface area contributed by atoms with E-state index in [1.165, 1.54) is 11.8 Å². The average Bonchev–Trinajstić information content (AvgIpc) is 2.89. The van der Waals surface area contributed by atoms with Crippen molar-refractivity contribution in [1.82, 2.24) is 10.2 Å². The molecule has 1 atom stereocenters. The number of nitrogens with one attached hydrogen (secondary N) is 1. The summed E-state index contributed by atoms with van der Waals surface area (Å²) >= 11 is 13.9. The van der Waals surface area contributed by atoms with Crippen LogP contribution in [-0.2, 0) is 28.3 Å². The Morgan fingerprint density at radius 3 is 2.28 bits per heavy atom. The largest absolute Gasteiger partial charge is 0.497 e. The maximum atomic E-state index is 13.6. The highest BCUT2D eigenvalue weighted by Gasteiger charge is 2.30. The number of likely N-dealkylation sites (N-methyl/N-ethyl adjacent to an activating group) is 1. The van der Waals surface area contributed by atoms with Gasteiger partial charge in [-0.2, -0.15) is 0 Å². The minimum Gasteiger partial charge on any atom is -0.497 e. The van der Waals surface area contributed by atoms with Crippen molar-refractivity contribution in [3.8, 4) is 5.75 Å². The Hall–Kier alpha value is -2.67. The molecule has 190 valence electrons. The first-order valence-corrected chi connectivity index (χ1v) is 13.6. The molecule has 0 radical (unpaired) electrons. The number of halogens is 2. The van der Waals surface area contributed by atoms with E-state index in [4.69, 9.17) is 27.9 Å². The predicted octanol–water partition coefficient (Wildman–Crippen LogP) is 6.01. The van der Waals surface area contributed by atoms with Crippen molar-refractivity contribution in [2.45, 2.75) is 31.7 Å². The third-order valence-electron chi connectivity index (χ3n) is 5.61. The van der Waals surface area contributed by atoms with Crippen LogP contribution in [0, 0.1) is 0 Å². The monoisotopic (exact) mass is 544 g/mol. The predicted molar refractivity (Wildman–Crippen MR) is 149 cm³/mol. The second-order valence-electron chi connectivity index (χ2n) is 8.21. The van der Waals surface area contributed by atoms with Gasteiger partial charge in [0.2, 0.25) is 11.8 Å². The molecule has 0 fully saturated rings. The summed E-state index contributed by atoms with van der Waals surface area (Å²) in [5.74, 6) is 1.39. The second kappa shape index (κ2) is 14.2. The van der Waals surface area contributed by atoms with E-state index in [1.54, 1.807) is 24.1 Å². The molecule has 0 aromatic heterocycles. The van der Waals surface area contributed by atoms with E-state index in [0.717, 1.165) is 22.4 Å². The number of carbonyl (C=O) groups is 2. The lowest BCUT2D eigenvalue weighted by atomic mass is 10.0. The smallest absolute Gasteiger partial charge is 0.243 e. The summed E-state index contributed by atoms with van der Waals surface area (Å²) in [6, 6.07) is 22.1. The van der Waals surface area contributed by atoms with Crippen molar-refractivity contribution in [3.05, 3.63) is 99.5 Å². The van der Waals surface area contributed by atoms with Crippen LogP contribution in [0.1, 0.15) is 23.6 Å².